The van der Waals surface area contributed by atoms with Gasteiger partial charge in [0.25, 0.3) is 0 Å². The van der Waals surface area contributed by atoms with Crippen LogP contribution in [0.1, 0.15) is 32.6 Å². The van der Waals surface area contributed by atoms with Crippen LogP contribution in [0.3, 0.4) is 0 Å². The molecule has 2 fully saturated rings. The minimum absolute atomic E-state index is 0.0599. The number of thioether (sulfide) groups is 3. The Bertz CT molecular complexity index is 1360. The van der Waals surface area contributed by atoms with Gasteiger partial charge >= 0.3 is 5.51 Å². The number of hydrogen-bond donors (Lipinski definition) is 1. The van der Waals surface area contributed by atoms with E-state index >= 15 is 0 Å². The Morgan fingerprint density at radius 2 is 1.68 bits per heavy atom. The Kier molecular flexibility index (Phi) is 7.97. The van der Waals surface area contributed by atoms with E-state index in [0.717, 1.165) is 32.3 Å². The molecule has 0 spiro atoms. The molecular weight excluding hydrogens is 536 g/mol. The van der Waals surface area contributed by atoms with E-state index in [0.29, 0.717) is 22.5 Å². The summed E-state index contributed by atoms with van der Waals surface area (Å²) in [4.78, 5) is 9.88. The van der Waals surface area contributed by atoms with Gasteiger partial charge in [-0.25, -0.2) is 9.97 Å². The fourth-order valence-electron chi connectivity index (χ4n) is 3.59. The summed E-state index contributed by atoms with van der Waals surface area (Å²) in [5.41, 5.74) is 5.32. The summed E-state index contributed by atoms with van der Waals surface area (Å²) >= 11 is 3.64. The predicted molar refractivity (Wildman–Crippen MR) is 149 cm³/mol. The van der Waals surface area contributed by atoms with Crippen molar-refractivity contribution in [1.82, 2.24) is 9.97 Å². The molecule has 2 aromatic carbocycles. The maximum absolute atomic E-state index is 12.6. The van der Waals surface area contributed by atoms with E-state index in [4.69, 9.17) is 10.2 Å². The number of oxazole rings is 1. The predicted octanol–water partition coefficient (Wildman–Crippen LogP) is 8.91. The molecule has 6 rings (SSSR count). The summed E-state index contributed by atoms with van der Waals surface area (Å²) in [5, 5.41) is 2.21. The molecule has 0 radical (unpaired) electrons. The lowest BCUT2D eigenvalue weighted by Crippen LogP contribution is -1.98. The molecule has 0 aliphatic heterocycles. The Morgan fingerprint density at radius 3 is 2.30 bits per heavy atom. The first kappa shape index (κ1) is 26.3. The third kappa shape index (κ3) is 7.39. The van der Waals surface area contributed by atoms with E-state index in [1.807, 2.05) is 37.3 Å². The molecule has 2 aliphatic carbocycles. The van der Waals surface area contributed by atoms with Crippen molar-refractivity contribution >= 4 is 52.1 Å². The normalized spacial score (nSPS) is 15.5. The highest BCUT2D eigenvalue weighted by molar-refractivity contribution is 8.01. The third-order valence-electron chi connectivity index (χ3n) is 5.63. The first-order valence-electron chi connectivity index (χ1n) is 12.1. The highest BCUT2D eigenvalue weighted by atomic mass is 32.2. The molecule has 37 heavy (non-hydrogen) atoms. The second-order valence-electron chi connectivity index (χ2n) is 8.86. The summed E-state index contributed by atoms with van der Waals surface area (Å²) in [6.45, 7) is 2.02. The van der Waals surface area contributed by atoms with Crippen molar-refractivity contribution < 1.29 is 17.6 Å². The van der Waals surface area contributed by atoms with Crippen LogP contribution in [-0.2, 0) is 0 Å². The lowest BCUT2D eigenvalue weighted by atomic mass is 10.1. The maximum Gasteiger partial charge on any atom is 0.446 e. The van der Waals surface area contributed by atoms with Gasteiger partial charge in [0.1, 0.15) is 11.2 Å². The summed E-state index contributed by atoms with van der Waals surface area (Å²) < 4.78 is 43.7. The molecule has 10 heteroatoms. The molecule has 0 amide bonds. The van der Waals surface area contributed by atoms with Crippen molar-refractivity contribution in [3.63, 3.8) is 0 Å². The van der Waals surface area contributed by atoms with Crippen LogP contribution in [0.2, 0.25) is 0 Å². The monoisotopic (exact) mass is 561 g/mol. The molecule has 0 unspecified atom stereocenters. The van der Waals surface area contributed by atoms with Crippen LogP contribution in [0.4, 0.5) is 18.9 Å². The van der Waals surface area contributed by atoms with E-state index in [9.17, 15) is 13.2 Å². The van der Waals surface area contributed by atoms with Crippen LogP contribution in [0.15, 0.2) is 68.9 Å². The number of pyridine rings is 1. The van der Waals surface area contributed by atoms with E-state index in [1.54, 1.807) is 18.0 Å². The molecule has 4 aromatic rings. The van der Waals surface area contributed by atoms with Crippen molar-refractivity contribution in [2.24, 2.45) is 0 Å². The molecule has 2 N–H and O–H groups in total. The topological polar surface area (TPSA) is 64.9 Å². The van der Waals surface area contributed by atoms with Gasteiger partial charge in [-0.1, -0.05) is 19.1 Å². The first-order chi connectivity index (χ1) is 17.8. The van der Waals surface area contributed by atoms with E-state index < -0.39 is 5.51 Å². The van der Waals surface area contributed by atoms with Crippen molar-refractivity contribution in [2.75, 3.05) is 11.5 Å². The summed E-state index contributed by atoms with van der Waals surface area (Å²) in [5.74, 6) is 1.09. The van der Waals surface area contributed by atoms with Crippen molar-refractivity contribution in [3.05, 3.63) is 54.7 Å². The maximum atomic E-state index is 12.6. The van der Waals surface area contributed by atoms with Gasteiger partial charge in [0.2, 0.25) is 5.89 Å². The van der Waals surface area contributed by atoms with Gasteiger partial charge in [-0.15, -0.1) is 11.8 Å². The number of nitrogens with zero attached hydrogens (tertiary/aromatic N) is 2. The Hall–Kier alpha value is -2.30. The summed E-state index contributed by atoms with van der Waals surface area (Å²) in [6.07, 6.45) is 7.78. The standard InChI is InChI=1S/C21H16F3N3OS2.C6H10S/c1-2-29-18-9-13(12-3-5-14(25)6-4-12)11-26-19(18)20-27-16-10-15(30-21(22,23)24)7-8-17(16)28-20;1-2-5(1)7-6-3-4-6/h3-11H,2,25H2,1H3;5-6H,1-4H2. The quantitative estimate of drug-likeness (QED) is 0.178. The number of nitrogens with two attached hydrogens (primary N) is 1. The number of anilines is 1. The van der Waals surface area contributed by atoms with Crippen molar-refractivity contribution in [1.29, 1.82) is 0 Å². The molecule has 2 aliphatic rings. The Balaban J connectivity index is 0.000000340. The van der Waals surface area contributed by atoms with Crippen LogP contribution in [0.25, 0.3) is 33.8 Å². The lowest BCUT2D eigenvalue weighted by molar-refractivity contribution is -0.0328. The molecule has 0 bridgehead atoms. The molecule has 2 aromatic heterocycles. The fourth-order valence-corrected chi connectivity index (χ4v) is 6.32. The zero-order valence-corrected chi connectivity index (χ0v) is 22.6. The minimum atomic E-state index is -4.36. The van der Waals surface area contributed by atoms with Gasteiger partial charge in [0.15, 0.2) is 5.58 Å². The van der Waals surface area contributed by atoms with Gasteiger partial charge in [0, 0.05) is 37.7 Å². The lowest BCUT2D eigenvalue weighted by Gasteiger charge is -2.08. The molecule has 2 saturated carbocycles. The van der Waals surface area contributed by atoms with Crippen molar-refractivity contribution in [3.8, 4) is 22.7 Å². The van der Waals surface area contributed by atoms with Crippen LogP contribution in [-0.4, -0.2) is 31.7 Å². The van der Waals surface area contributed by atoms with Gasteiger partial charge in [-0.2, -0.15) is 24.9 Å². The number of fused-ring (bicyclic) bond motifs is 1. The molecule has 2 heterocycles. The summed E-state index contributed by atoms with van der Waals surface area (Å²) in [7, 11) is 0. The molecular formula is C27H26F3N3OS3. The highest BCUT2D eigenvalue weighted by Gasteiger charge is 2.31. The molecule has 0 saturated heterocycles. The summed E-state index contributed by atoms with van der Waals surface area (Å²) in [6, 6.07) is 13.7. The average molecular weight is 562 g/mol. The van der Waals surface area contributed by atoms with Crippen LogP contribution >= 0.6 is 35.3 Å². The number of benzene rings is 2. The van der Waals surface area contributed by atoms with E-state index in [1.165, 1.54) is 43.9 Å². The van der Waals surface area contributed by atoms with E-state index in [2.05, 4.69) is 21.7 Å². The zero-order chi connectivity index (χ0) is 26.0. The van der Waals surface area contributed by atoms with Crippen LogP contribution < -0.4 is 5.73 Å². The first-order valence-corrected chi connectivity index (χ1v) is 14.8. The van der Waals surface area contributed by atoms with Crippen LogP contribution in [0.5, 0.6) is 0 Å². The largest absolute Gasteiger partial charge is 0.446 e. The number of halogens is 3. The fraction of sp³-hybridized carbons (Fsp3) is 0.333. The smallest absolute Gasteiger partial charge is 0.435 e. The number of aromatic nitrogens is 2. The Labute approximate surface area is 226 Å². The second-order valence-corrected chi connectivity index (χ2v) is 12.9. The minimum Gasteiger partial charge on any atom is -0.435 e. The SMILES string of the molecule is C1CC1SC1CC1.CCSc1cc(-c2ccc(N)cc2)cnc1-c1nc2cc(SC(F)(F)F)ccc2o1. The van der Waals surface area contributed by atoms with Gasteiger partial charge in [0.05, 0.1) is 0 Å². The average Bonchev–Trinajstić information content (AvgIpc) is 3.80. The van der Waals surface area contributed by atoms with Crippen molar-refractivity contribution in [2.45, 2.75) is 58.4 Å². The Morgan fingerprint density at radius 1 is 0.973 bits per heavy atom. The number of nitrogen functional groups attached to an aromatic ring is 1. The number of alkyl halides is 3. The second kappa shape index (κ2) is 11.2. The van der Waals surface area contributed by atoms with Gasteiger partial charge in [-0.05, 0) is 85.2 Å². The van der Waals surface area contributed by atoms with E-state index in [-0.39, 0.29) is 22.5 Å². The molecule has 4 nitrogen and oxygen atoms in total. The molecule has 194 valence electrons. The molecule has 0 atom stereocenters. The van der Waals surface area contributed by atoms with Gasteiger partial charge in [-0.3, -0.25) is 0 Å². The van der Waals surface area contributed by atoms with Crippen LogP contribution in [0, 0.1) is 0 Å². The third-order valence-corrected chi connectivity index (χ3v) is 8.97. The number of hydrogen-bond acceptors (Lipinski definition) is 7. The highest BCUT2D eigenvalue weighted by Crippen LogP contribution is 2.45. The zero-order valence-electron chi connectivity index (χ0n) is 20.1. The van der Waals surface area contributed by atoms with Gasteiger partial charge < -0.3 is 10.2 Å². The number of rotatable bonds is 7.